The van der Waals surface area contributed by atoms with Gasteiger partial charge in [0, 0.05) is 5.02 Å². The number of hydrogen-bond donors (Lipinski definition) is 1. The van der Waals surface area contributed by atoms with Gasteiger partial charge in [-0.1, -0.05) is 23.7 Å². The predicted molar refractivity (Wildman–Crippen MR) is 81.3 cm³/mol. The van der Waals surface area contributed by atoms with E-state index in [1.807, 2.05) is 0 Å². The van der Waals surface area contributed by atoms with Crippen LogP contribution in [0.1, 0.15) is 18.2 Å². The average Bonchev–Trinajstić information content (AvgIpc) is 3.00. The number of furan rings is 1. The van der Waals surface area contributed by atoms with Crippen molar-refractivity contribution in [3.63, 3.8) is 0 Å². The second kappa shape index (κ2) is 7.66. The van der Waals surface area contributed by atoms with E-state index in [2.05, 4.69) is 5.32 Å². The van der Waals surface area contributed by atoms with E-state index in [1.54, 1.807) is 36.4 Å². The summed E-state index contributed by atoms with van der Waals surface area (Å²) in [7, 11) is 0. The second-order valence-corrected chi connectivity index (χ2v) is 5.17. The van der Waals surface area contributed by atoms with Gasteiger partial charge in [-0.3, -0.25) is 9.59 Å². The summed E-state index contributed by atoms with van der Waals surface area (Å²) in [5.41, 5.74) is 0.776. The minimum absolute atomic E-state index is 0.0903. The van der Waals surface area contributed by atoms with Crippen molar-refractivity contribution < 1.29 is 18.7 Å². The first-order valence-corrected chi connectivity index (χ1v) is 7.16. The van der Waals surface area contributed by atoms with Crippen LogP contribution in [-0.2, 0) is 27.3 Å². The number of rotatable bonds is 6. The first-order chi connectivity index (χ1) is 10.5. The molecule has 0 saturated carbocycles. The molecule has 0 aliphatic carbocycles. The Hall–Kier alpha value is -2.27. The van der Waals surface area contributed by atoms with Crippen molar-refractivity contribution >= 4 is 23.5 Å². The molecule has 1 aromatic heterocycles. The molecule has 6 heteroatoms. The van der Waals surface area contributed by atoms with Gasteiger partial charge in [-0.05, 0) is 36.8 Å². The lowest BCUT2D eigenvalue weighted by Crippen LogP contribution is -2.35. The van der Waals surface area contributed by atoms with Gasteiger partial charge in [-0.15, -0.1) is 0 Å². The number of benzene rings is 1. The first kappa shape index (κ1) is 16.1. The normalized spacial score (nSPS) is 11.7. The molecule has 116 valence electrons. The molecule has 0 saturated heterocycles. The van der Waals surface area contributed by atoms with E-state index in [4.69, 9.17) is 20.8 Å². The summed E-state index contributed by atoms with van der Waals surface area (Å²) in [6, 6.07) is 10.4. The molecule has 22 heavy (non-hydrogen) atoms. The Morgan fingerprint density at radius 3 is 2.64 bits per heavy atom. The Morgan fingerprint density at radius 2 is 2.00 bits per heavy atom. The van der Waals surface area contributed by atoms with Crippen molar-refractivity contribution in [2.45, 2.75) is 26.0 Å². The van der Waals surface area contributed by atoms with Gasteiger partial charge in [0.05, 0.1) is 19.2 Å². The third kappa shape index (κ3) is 4.93. The number of amides is 1. The molecule has 0 aliphatic heterocycles. The number of carbonyl (C=O) groups is 2. The van der Waals surface area contributed by atoms with E-state index in [0.29, 0.717) is 10.8 Å². The van der Waals surface area contributed by atoms with Crippen LogP contribution in [0.15, 0.2) is 47.1 Å². The summed E-state index contributed by atoms with van der Waals surface area (Å²) in [6.45, 7) is 1.78. The summed E-state index contributed by atoms with van der Waals surface area (Å²) in [6.07, 6.45) is 0.749. The van der Waals surface area contributed by atoms with Crippen molar-refractivity contribution in [3.8, 4) is 0 Å². The van der Waals surface area contributed by atoms with E-state index >= 15 is 0 Å². The summed E-state index contributed by atoms with van der Waals surface area (Å²) in [4.78, 5) is 23.6. The lowest BCUT2D eigenvalue weighted by Gasteiger charge is -2.13. The molecule has 0 bridgehead atoms. The standard InChI is InChI=1S/C16H16ClNO4/c1-11(16(20)18-10-14-3-2-8-21-14)22-15(19)9-12-4-6-13(17)7-5-12/h2-8,11H,9-10H2,1H3,(H,18,20)/t11-/m0/s1. The quantitative estimate of drug-likeness (QED) is 0.831. The Bertz CT molecular complexity index is 622. The van der Waals surface area contributed by atoms with Crippen LogP contribution in [-0.4, -0.2) is 18.0 Å². The third-order valence-electron chi connectivity index (χ3n) is 2.96. The molecule has 2 aromatic rings. The number of esters is 1. The molecule has 0 fully saturated rings. The first-order valence-electron chi connectivity index (χ1n) is 6.78. The fourth-order valence-corrected chi connectivity index (χ4v) is 1.92. The average molecular weight is 322 g/mol. The largest absolute Gasteiger partial charge is 0.467 e. The fraction of sp³-hybridized carbons (Fsp3) is 0.250. The lowest BCUT2D eigenvalue weighted by atomic mass is 10.1. The molecule has 0 unspecified atom stereocenters. The molecule has 1 aromatic carbocycles. The van der Waals surface area contributed by atoms with Gasteiger partial charge >= 0.3 is 5.97 Å². The number of hydrogen-bond acceptors (Lipinski definition) is 4. The molecule has 1 N–H and O–H groups in total. The van der Waals surface area contributed by atoms with Gasteiger partial charge in [0.15, 0.2) is 6.10 Å². The van der Waals surface area contributed by atoms with E-state index in [-0.39, 0.29) is 18.9 Å². The smallest absolute Gasteiger partial charge is 0.311 e. The zero-order chi connectivity index (χ0) is 15.9. The molecular formula is C16H16ClNO4. The van der Waals surface area contributed by atoms with Gasteiger partial charge in [0.1, 0.15) is 5.76 Å². The Kier molecular flexibility index (Phi) is 5.61. The molecule has 0 aliphatic rings. The summed E-state index contributed by atoms with van der Waals surface area (Å²) in [5.74, 6) is -0.211. The molecule has 0 radical (unpaired) electrons. The van der Waals surface area contributed by atoms with Crippen LogP contribution in [0.3, 0.4) is 0 Å². The zero-order valence-electron chi connectivity index (χ0n) is 12.0. The topological polar surface area (TPSA) is 68.5 Å². The minimum atomic E-state index is -0.866. The van der Waals surface area contributed by atoms with E-state index < -0.39 is 12.1 Å². The number of ether oxygens (including phenoxy) is 1. The molecule has 1 atom stereocenters. The van der Waals surface area contributed by atoms with Crippen LogP contribution in [0.5, 0.6) is 0 Å². The summed E-state index contributed by atoms with van der Waals surface area (Å²) >= 11 is 5.77. The molecule has 2 rings (SSSR count). The lowest BCUT2D eigenvalue weighted by molar-refractivity contribution is -0.154. The molecule has 5 nitrogen and oxygen atoms in total. The van der Waals surface area contributed by atoms with Crippen LogP contribution >= 0.6 is 11.6 Å². The highest BCUT2D eigenvalue weighted by Crippen LogP contribution is 2.10. The predicted octanol–water partition coefficient (Wildman–Crippen LogP) is 2.72. The molecule has 1 heterocycles. The van der Waals surface area contributed by atoms with Crippen molar-refractivity contribution in [1.29, 1.82) is 0 Å². The second-order valence-electron chi connectivity index (χ2n) is 4.73. The maximum absolute atomic E-state index is 11.8. The van der Waals surface area contributed by atoms with Crippen LogP contribution in [0.2, 0.25) is 5.02 Å². The highest BCUT2D eigenvalue weighted by Gasteiger charge is 2.18. The van der Waals surface area contributed by atoms with Crippen molar-refractivity contribution in [3.05, 3.63) is 59.0 Å². The van der Waals surface area contributed by atoms with Crippen LogP contribution in [0.4, 0.5) is 0 Å². The highest BCUT2D eigenvalue weighted by molar-refractivity contribution is 6.30. The van der Waals surface area contributed by atoms with E-state index in [1.165, 1.54) is 13.2 Å². The fourth-order valence-electron chi connectivity index (χ4n) is 1.79. The van der Waals surface area contributed by atoms with E-state index in [0.717, 1.165) is 5.56 Å². The highest BCUT2D eigenvalue weighted by atomic mass is 35.5. The van der Waals surface area contributed by atoms with Crippen LogP contribution < -0.4 is 5.32 Å². The zero-order valence-corrected chi connectivity index (χ0v) is 12.8. The van der Waals surface area contributed by atoms with Gasteiger partial charge < -0.3 is 14.5 Å². The van der Waals surface area contributed by atoms with Crippen molar-refractivity contribution in [1.82, 2.24) is 5.32 Å². The molecule has 1 amide bonds. The van der Waals surface area contributed by atoms with Gasteiger partial charge in [0.25, 0.3) is 5.91 Å². The number of carbonyl (C=O) groups excluding carboxylic acids is 2. The maximum Gasteiger partial charge on any atom is 0.311 e. The summed E-state index contributed by atoms with van der Waals surface area (Å²) in [5, 5.41) is 3.23. The van der Waals surface area contributed by atoms with Crippen LogP contribution in [0, 0.1) is 0 Å². The Balaban J connectivity index is 1.77. The molecular weight excluding hydrogens is 306 g/mol. The van der Waals surface area contributed by atoms with Gasteiger partial charge in [-0.25, -0.2) is 0 Å². The van der Waals surface area contributed by atoms with Crippen molar-refractivity contribution in [2.75, 3.05) is 0 Å². The van der Waals surface area contributed by atoms with Crippen LogP contribution in [0.25, 0.3) is 0 Å². The van der Waals surface area contributed by atoms with Gasteiger partial charge in [-0.2, -0.15) is 0 Å². The van der Waals surface area contributed by atoms with Crippen molar-refractivity contribution in [2.24, 2.45) is 0 Å². The molecule has 0 spiro atoms. The van der Waals surface area contributed by atoms with E-state index in [9.17, 15) is 9.59 Å². The third-order valence-corrected chi connectivity index (χ3v) is 3.21. The number of halogens is 1. The summed E-state index contributed by atoms with van der Waals surface area (Å²) < 4.78 is 10.2. The van der Waals surface area contributed by atoms with Gasteiger partial charge in [0.2, 0.25) is 0 Å². The number of nitrogens with one attached hydrogen (secondary N) is 1. The SMILES string of the molecule is C[C@H](OC(=O)Cc1ccc(Cl)cc1)C(=O)NCc1ccco1. The maximum atomic E-state index is 11.8. The Labute approximate surface area is 133 Å². The minimum Gasteiger partial charge on any atom is -0.467 e. The monoisotopic (exact) mass is 321 g/mol. The Morgan fingerprint density at radius 1 is 1.27 bits per heavy atom.